The Bertz CT molecular complexity index is 658. The SMILES string of the molecule is C=C=Cc1cccnc1C(CC)c1ccc(Cl)cc1Cl. The first kappa shape index (κ1) is 14.9. The van der Waals surface area contributed by atoms with Gasteiger partial charge in [-0.1, -0.05) is 48.8 Å². The zero-order valence-electron chi connectivity index (χ0n) is 11.2. The van der Waals surface area contributed by atoms with E-state index >= 15 is 0 Å². The number of pyridine rings is 1. The normalized spacial score (nSPS) is 11.8. The molecule has 1 aromatic carbocycles. The molecule has 0 spiro atoms. The maximum Gasteiger partial charge on any atom is 0.0557 e. The molecule has 1 nitrogen and oxygen atoms in total. The van der Waals surface area contributed by atoms with Crippen LogP contribution in [0.5, 0.6) is 0 Å². The average Bonchev–Trinajstić information content (AvgIpc) is 2.44. The molecule has 0 radical (unpaired) electrons. The fourth-order valence-corrected chi connectivity index (χ4v) is 2.84. The molecule has 0 bridgehead atoms. The third kappa shape index (κ3) is 3.13. The maximum atomic E-state index is 6.33. The van der Waals surface area contributed by atoms with Gasteiger partial charge in [-0.05, 0) is 36.3 Å². The minimum atomic E-state index is 0.126. The Kier molecular flexibility index (Phi) is 5.03. The Hall–Kier alpha value is -1.53. The van der Waals surface area contributed by atoms with Gasteiger partial charge in [0.1, 0.15) is 0 Å². The van der Waals surface area contributed by atoms with E-state index in [0.717, 1.165) is 23.2 Å². The van der Waals surface area contributed by atoms with Gasteiger partial charge in [0.25, 0.3) is 0 Å². The Morgan fingerprint density at radius 2 is 2.15 bits per heavy atom. The first-order valence-corrected chi connectivity index (χ1v) is 7.18. The van der Waals surface area contributed by atoms with Gasteiger partial charge < -0.3 is 0 Å². The molecule has 0 aliphatic carbocycles. The number of hydrogen-bond donors (Lipinski definition) is 0. The van der Waals surface area contributed by atoms with Gasteiger partial charge in [0.05, 0.1) is 5.69 Å². The Labute approximate surface area is 129 Å². The molecule has 1 heterocycles. The topological polar surface area (TPSA) is 12.9 Å². The van der Waals surface area contributed by atoms with Gasteiger partial charge in [0.15, 0.2) is 0 Å². The van der Waals surface area contributed by atoms with E-state index in [4.69, 9.17) is 23.2 Å². The summed E-state index contributed by atoms with van der Waals surface area (Å²) >= 11 is 12.3. The third-order valence-corrected chi connectivity index (χ3v) is 3.77. The lowest BCUT2D eigenvalue weighted by Crippen LogP contribution is -2.05. The quantitative estimate of drug-likeness (QED) is 0.657. The molecule has 0 saturated heterocycles. The fraction of sp³-hybridized carbons (Fsp3) is 0.176. The van der Waals surface area contributed by atoms with Crippen molar-refractivity contribution in [2.75, 3.05) is 0 Å². The van der Waals surface area contributed by atoms with E-state index in [1.165, 1.54) is 0 Å². The predicted octanol–water partition coefficient (Wildman–Crippen LogP) is 5.73. The summed E-state index contributed by atoms with van der Waals surface area (Å²) in [6, 6.07) is 9.51. The molecule has 1 aromatic heterocycles. The highest BCUT2D eigenvalue weighted by molar-refractivity contribution is 6.35. The third-order valence-electron chi connectivity index (χ3n) is 3.21. The molecule has 2 rings (SSSR count). The summed E-state index contributed by atoms with van der Waals surface area (Å²) in [5, 5.41) is 1.31. The number of halogens is 2. The molecule has 0 aliphatic rings. The van der Waals surface area contributed by atoms with Crippen molar-refractivity contribution in [3.05, 3.63) is 75.7 Å². The van der Waals surface area contributed by atoms with Crippen molar-refractivity contribution in [2.24, 2.45) is 0 Å². The van der Waals surface area contributed by atoms with Crippen molar-refractivity contribution in [3.8, 4) is 0 Å². The molecule has 3 heteroatoms. The van der Waals surface area contributed by atoms with E-state index in [2.05, 4.69) is 24.2 Å². The summed E-state index contributed by atoms with van der Waals surface area (Å²) in [7, 11) is 0. The molecule has 0 aliphatic heterocycles. The lowest BCUT2D eigenvalue weighted by molar-refractivity contribution is 0.747. The van der Waals surface area contributed by atoms with E-state index < -0.39 is 0 Å². The molecule has 2 aromatic rings. The van der Waals surface area contributed by atoms with Crippen molar-refractivity contribution in [1.29, 1.82) is 0 Å². The molecule has 20 heavy (non-hydrogen) atoms. The van der Waals surface area contributed by atoms with Crippen LogP contribution in [0.25, 0.3) is 6.08 Å². The van der Waals surface area contributed by atoms with Crippen molar-refractivity contribution < 1.29 is 0 Å². The lowest BCUT2D eigenvalue weighted by Gasteiger charge is -2.18. The lowest BCUT2D eigenvalue weighted by atomic mass is 9.90. The first-order valence-electron chi connectivity index (χ1n) is 6.43. The summed E-state index contributed by atoms with van der Waals surface area (Å²) in [5.74, 6) is 0.126. The van der Waals surface area contributed by atoms with Gasteiger partial charge in [-0.2, -0.15) is 0 Å². The summed E-state index contributed by atoms with van der Waals surface area (Å²) in [6.45, 7) is 5.75. The van der Waals surface area contributed by atoms with Crippen LogP contribution in [0.4, 0.5) is 0 Å². The van der Waals surface area contributed by atoms with Gasteiger partial charge in [-0.15, -0.1) is 5.73 Å². The monoisotopic (exact) mass is 303 g/mol. The van der Waals surface area contributed by atoms with Crippen LogP contribution < -0.4 is 0 Å². The Balaban J connectivity index is 2.55. The van der Waals surface area contributed by atoms with Gasteiger partial charge in [0.2, 0.25) is 0 Å². The summed E-state index contributed by atoms with van der Waals surface area (Å²) in [6.07, 6.45) is 4.54. The van der Waals surface area contributed by atoms with Crippen LogP contribution in [-0.2, 0) is 0 Å². The second kappa shape index (κ2) is 6.76. The van der Waals surface area contributed by atoms with Gasteiger partial charge in [-0.3, -0.25) is 4.98 Å². The van der Waals surface area contributed by atoms with Crippen LogP contribution >= 0.6 is 23.2 Å². The van der Waals surface area contributed by atoms with Crippen LogP contribution in [0, 0.1) is 0 Å². The molecule has 102 valence electrons. The van der Waals surface area contributed by atoms with Crippen LogP contribution in [-0.4, -0.2) is 4.98 Å². The number of benzene rings is 1. The molecule has 0 N–H and O–H groups in total. The number of hydrogen-bond acceptors (Lipinski definition) is 1. The number of nitrogens with zero attached hydrogens (tertiary/aromatic N) is 1. The van der Waals surface area contributed by atoms with E-state index in [0.29, 0.717) is 10.0 Å². The van der Waals surface area contributed by atoms with Gasteiger partial charge in [-0.25, -0.2) is 0 Å². The highest BCUT2D eigenvalue weighted by Gasteiger charge is 2.19. The number of aromatic nitrogens is 1. The van der Waals surface area contributed by atoms with E-state index in [-0.39, 0.29) is 5.92 Å². The van der Waals surface area contributed by atoms with E-state index in [9.17, 15) is 0 Å². The smallest absolute Gasteiger partial charge is 0.0557 e. The molecule has 0 amide bonds. The average molecular weight is 304 g/mol. The molecule has 0 fully saturated rings. The standard InChI is InChI=1S/C17H15Cl2N/c1-3-6-12-7-5-10-20-17(12)14(4-2)15-9-8-13(18)11-16(15)19/h5-11,14H,1,4H2,2H3. The molecule has 1 unspecified atom stereocenters. The molecular weight excluding hydrogens is 289 g/mol. The van der Waals surface area contributed by atoms with Crippen molar-refractivity contribution in [3.63, 3.8) is 0 Å². The van der Waals surface area contributed by atoms with E-state index in [1.54, 1.807) is 12.3 Å². The summed E-state index contributed by atoms with van der Waals surface area (Å²) in [4.78, 5) is 4.52. The highest BCUT2D eigenvalue weighted by Crippen LogP contribution is 2.34. The first-order chi connectivity index (χ1) is 9.67. The molecule has 1 atom stereocenters. The fourth-order valence-electron chi connectivity index (χ4n) is 2.30. The van der Waals surface area contributed by atoms with Crippen molar-refractivity contribution in [2.45, 2.75) is 19.3 Å². The summed E-state index contributed by atoms with van der Waals surface area (Å²) in [5.41, 5.74) is 5.84. The van der Waals surface area contributed by atoms with Crippen LogP contribution in [0.2, 0.25) is 10.0 Å². The van der Waals surface area contributed by atoms with Crippen LogP contribution in [0.15, 0.2) is 48.8 Å². The minimum absolute atomic E-state index is 0.126. The number of rotatable bonds is 4. The zero-order chi connectivity index (χ0) is 14.5. The summed E-state index contributed by atoms with van der Waals surface area (Å²) < 4.78 is 0. The minimum Gasteiger partial charge on any atom is -0.260 e. The second-order valence-corrected chi connectivity index (χ2v) is 5.30. The molecule has 0 saturated carbocycles. The highest BCUT2D eigenvalue weighted by atomic mass is 35.5. The van der Waals surface area contributed by atoms with E-state index in [1.807, 2.05) is 30.3 Å². The predicted molar refractivity (Wildman–Crippen MR) is 86.4 cm³/mol. The van der Waals surface area contributed by atoms with Crippen molar-refractivity contribution in [1.82, 2.24) is 4.98 Å². The zero-order valence-corrected chi connectivity index (χ0v) is 12.7. The van der Waals surface area contributed by atoms with Crippen LogP contribution in [0.3, 0.4) is 0 Å². The molecular formula is C17H15Cl2N. The Morgan fingerprint density at radius 1 is 1.35 bits per heavy atom. The van der Waals surface area contributed by atoms with Gasteiger partial charge in [0, 0.05) is 27.7 Å². The van der Waals surface area contributed by atoms with Crippen molar-refractivity contribution >= 4 is 29.3 Å². The second-order valence-electron chi connectivity index (χ2n) is 4.45. The van der Waals surface area contributed by atoms with Crippen LogP contribution in [0.1, 0.15) is 36.1 Å². The van der Waals surface area contributed by atoms with Gasteiger partial charge >= 0.3 is 0 Å². The Morgan fingerprint density at radius 3 is 2.80 bits per heavy atom. The largest absolute Gasteiger partial charge is 0.260 e. The maximum absolute atomic E-state index is 6.33.